The number of rotatable bonds is 3. The second-order valence-corrected chi connectivity index (χ2v) is 3.78. The van der Waals surface area contributed by atoms with Gasteiger partial charge in [0.1, 0.15) is 11.5 Å². The fourth-order valence-corrected chi connectivity index (χ4v) is 1.70. The molecule has 1 aromatic carbocycles. The Bertz CT molecular complexity index is 523. The smallest absolute Gasteiger partial charge is 0.128 e. The summed E-state index contributed by atoms with van der Waals surface area (Å²) in [7, 11) is 3.31. The molecule has 0 N–H and O–H groups in total. The molecule has 1 aromatic heterocycles. The Hall–Kier alpha value is -2.03. The van der Waals surface area contributed by atoms with Crippen LogP contribution in [0.15, 0.2) is 36.5 Å². The maximum atomic E-state index is 5.37. The maximum Gasteiger partial charge on any atom is 0.128 e. The molecule has 2 rings (SSSR count). The van der Waals surface area contributed by atoms with Gasteiger partial charge in [0, 0.05) is 17.8 Å². The number of methoxy groups -OCH3 is 2. The van der Waals surface area contributed by atoms with Crippen molar-refractivity contribution in [2.75, 3.05) is 14.2 Å². The lowest BCUT2D eigenvalue weighted by atomic mass is 10.1. The summed E-state index contributed by atoms with van der Waals surface area (Å²) in [5.74, 6) is 1.61. The standard InChI is InChI=1S/C14H15NO2/c1-10-4-5-12(14(8-10)17-3)13-9-11(16-2)6-7-15-13/h4-9H,1-3H3. The molecule has 0 saturated carbocycles. The van der Waals surface area contributed by atoms with E-state index in [2.05, 4.69) is 4.98 Å². The molecular formula is C14H15NO2. The van der Waals surface area contributed by atoms with E-state index >= 15 is 0 Å². The summed E-state index contributed by atoms with van der Waals surface area (Å²) in [5.41, 5.74) is 2.98. The van der Waals surface area contributed by atoms with Crippen molar-refractivity contribution in [1.29, 1.82) is 0 Å². The second-order valence-electron chi connectivity index (χ2n) is 3.78. The molecule has 2 aromatic rings. The topological polar surface area (TPSA) is 31.4 Å². The first-order chi connectivity index (χ1) is 8.24. The molecule has 0 spiro atoms. The SMILES string of the molecule is COc1ccnc(-c2ccc(C)cc2OC)c1. The second kappa shape index (κ2) is 4.87. The Morgan fingerprint density at radius 3 is 2.53 bits per heavy atom. The fourth-order valence-electron chi connectivity index (χ4n) is 1.70. The van der Waals surface area contributed by atoms with Crippen LogP contribution in [0, 0.1) is 6.92 Å². The lowest BCUT2D eigenvalue weighted by molar-refractivity contribution is 0.413. The van der Waals surface area contributed by atoms with E-state index in [1.54, 1.807) is 20.4 Å². The zero-order valence-electron chi connectivity index (χ0n) is 10.2. The van der Waals surface area contributed by atoms with Crippen molar-refractivity contribution < 1.29 is 9.47 Å². The molecule has 0 bridgehead atoms. The average Bonchev–Trinajstić information content (AvgIpc) is 2.38. The van der Waals surface area contributed by atoms with E-state index in [1.807, 2.05) is 37.3 Å². The van der Waals surface area contributed by atoms with E-state index in [-0.39, 0.29) is 0 Å². The van der Waals surface area contributed by atoms with Gasteiger partial charge in [-0.3, -0.25) is 4.98 Å². The van der Waals surface area contributed by atoms with Crippen LogP contribution >= 0.6 is 0 Å². The summed E-state index contributed by atoms with van der Waals surface area (Å²) in [5, 5.41) is 0. The highest BCUT2D eigenvalue weighted by atomic mass is 16.5. The van der Waals surface area contributed by atoms with Gasteiger partial charge in [-0.05, 0) is 30.7 Å². The molecule has 0 amide bonds. The summed E-state index contributed by atoms with van der Waals surface area (Å²) >= 11 is 0. The van der Waals surface area contributed by atoms with Crippen LogP contribution in [0.5, 0.6) is 11.5 Å². The van der Waals surface area contributed by atoms with Crippen molar-refractivity contribution in [2.24, 2.45) is 0 Å². The first kappa shape index (κ1) is 11.5. The van der Waals surface area contributed by atoms with Crippen LogP contribution in [0.3, 0.4) is 0 Å². The van der Waals surface area contributed by atoms with Crippen LogP contribution in [-0.4, -0.2) is 19.2 Å². The van der Waals surface area contributed by atoms with Gasteiger partial charge in [0.05, 0.1) is 19.9 Å². The third-order valence-corrected chi connectivity index (χ3v) is 2.60. The highest BCUT2D eigenvalue weighted by Gasteiger charge is 2.07. The molecule has 1 heterocycles. The Labute approximate surface area is 101 Å². The van der Waals surface area contributed by atoms with Crippen LogP contribution in [0.4, 0.5) is 0 Å². The third kappa shape index (κ3) is 2.38. The zero-order valence-corrected chi connectivity index (χ0v) is 10.2. The number of aryl methyl sites for hydroxylation is 1. The molecule has 0 aliphatic heterocycles. The molecular weight excluding hydrogens is 214 g/mol. The first-order valence-electron chi connectivity index (χ1n) is 5.39. The summed E-state index contributed by atoms with van der Waals surface area (Å²) in [6, 6.07) is 9.77. The van der Waals surface area contributed by atoms with Crippen LogP contribution in [0.25, 0.3) is 11.3 Å². The number of hydrogen-bond donors (Lipinski definition) is 0. The monoisotopic (exact) mass is 229 g/mol. The molecule has 3 nitrogen and oxygen atoms in total. The predicted octanol–water partition coefficient (Wildman–Crippen LogP) is 3.07. The van der Waals surface area contributed by atoms with Gasteiger partial charge in [0.2, 0.25) is 0 Å². The first-order valence-corrected chi connectivity index (χ1v) is 5.39. The van der Waals surface area contributed by atoms with Crippen LogP contribution in [0.1, 0.15) is 5.56 Å². The van der Waals surface area contributed by atoms with Gasteiger partial charge >= 0.3 is 0 Å². The van der Waals surface area contributed by atoms with E-state index < -0.39 is 0 Å². The average molecular weight is 229 g/mol. The number of hydrogen-bond acceptors (Lipinski definition) is 3. The van der Waals surface area contributed by atoms with Crippen molar-refractivity contribution in [3.05, 3.63) is 42.1 Å². The minimum Gasteiger partial charge on any atom is -0.497 e. The highest BCUT2D eigenvalue weighted by molar-refractivity contribution is 5.68. The van der Waals surface area contributed by atoms with Gasteiger partial charge in [-0.2, -0.15) is 0 Å². The lowest BCUT2D eigenvalue weighted by Crippen LogP contribution is -1.92. The van der Waals surface area contributed by atoms with E-state index in [1.165, 1.54) is 0 Å². The molecule has 0 radical (unpaired) electrons. The largest absolute Gasteiger partial charge is 0.497 e. The Morgan fingerprint density at radius 2 is 1.82 bits per heavy atom. The molecule has 0 saturated heterocycles. The Morgan fingerprint density at radius 1 is 1.00 bits per heavy atom. The number of ether oxygens (including phenoxy) is 2. The zero-order chi connectivity index (χ0) is 12.3. The number of pyridine rings is 1. The normalized spacial score (nSPS) is 10.1. The Kier molecular flexibility index (Phi) is 3.28. The molecule has 0 atom stereocenters. The van der Waals surface area contributed by atoms with Crippen molar-refractivity contribution in [1.82, 2.24) is 4.98 Å². The van der Waals surface area contributed by atoms with Crippen molar-refractivity contribution in [2.45, 2.75) is 6.92 Å². The molecule has 88 valence electrons. The van der Waals surface area contributed by atoms with Gasteiger partial charge in [-0.1, -0.05) is 6.07 Å². The summed E-state index contributed by atoms with van der Waals surface area (Å²) in [6.45, 7) is 2.03. The van der Waals surface area contributed by atoms with E-state index in [0.29, 0.717) is 0 Å². The quantitative estimate of drug-likeness (QED) is 0.810. The Balaban J connectivity index is 2.51. The minimum absolute atomic E-state index is 0.789. The summed E-state index contributed by atoms with van der Waals surface area (Å²) in [6.07, 6.45) is 1.73. The summed E-state index contributed by atoms with van der Waals surface area (Å²) < 4.78 is 10.6. The number of aromatic nitrogens is 1. The van der Waals surface area contributed by atoms with E-state index in [0.717, 1.165) is 28.3 Å². The molecule has 0 aliphatic rings. The fraction of sp³-hybridized carbons (Fsp3) is 0.214. The molecule has 0 unspecified atom stereocenters. The van der Waals surface area contributed by atoms with E-state index in [4.69, 9.17) is 9.47 Å². The van der Waals surface area contributed by atoms with Crippen molar-refractivity contribution in [3.8, 4) is 22.8 Å². The van der Waals surface area contributed by atoms with Crippen LogP contribution < -0.4 is 9.47 Å². The molecule has 0 aliphatic carbocycles. The minimum atomic E-state index is 0.789. The van der Waals surface area contributed by atoms with Gasteiger partial charge in [0.15, 0.2) is 0 Å². The summed E-state index contributed by atoms with van der Waals surface area (Å²) in [4.78, 5) is 4.34. The maximum absolute atomic E-state index is 5.37. The van der Waals surface area contributed by atoms with Crippen LogP contribution in [0.2, 0.25) is 0 Å². The number of nitrogens with zero attached hydrogens (tertiary/aromatic N) is 1. The lowest BCUT2D eigenvalue weighted by Gasteiger charge is -2.09. The third-order valence-electron chi connectivity index (χ3n) is 2.60. The highest BCUT2D eigenvalue weighted by Crippen LogP contribution is 2.30. The predicted molar refractivity (Wildman–Crippen MR) is 67.5 cm³/mol. The van der Waals surface area contributed by atoms with Gasteiger partial charge in [-0.25, -0.2) is 0 Å². The van der Waals surface area contributed by atoms with Crippen LogP contribution in [-0.2, 0) is 0 Å². The number of benzene rings is 1. The van der Waals surface area contributed by atoms with Gasteiger partial charge < -0.3 is 9.47 Å². The molecule has 3 heteroatoms. The van der Waals surface area contributed by atoms with Gasteiger partial charge in [0.25, 0.3) is 0 Å². The molecule has 0 fully saturated rings. The van der Waals surface area contributed by atoms with Crippen molar-refractivity contribution in [3.63, 3.8) is 0 Å². The van der Waals surface area contributed by atoms with Crippen molar-refractivity contribution >= 4 is 0 Å². The van der Waals surface area contributed by atoms with Gasteiger partial charge in [-0.15, -0.1) is 0 Å². The van der Waals surface area contributed by atoms with E-state index in [9.17, 15) is 0 Å². The molecule has 17 heavy (non-hydrogen) atoms.